The molecule has 1 aliphatic heterocycles. The highest BCUT2D eigenvalue weighted by molar-refractivity contribution is 6.30. The second-order valence-electron chi connectivity index (χ2n) is 11.2. The van der Waals surface area contributed by atoms with Gasteiger partial charge in [-0.3, -0.25) is 9.69 Å². The minimum absolute atomic E-state index is 0.00624. The van der Waals surface area contributed by atoms with E-state index in [1.165, 1.54) is 12.1 Å². The fourth-order valence-electron chi connectivity index (χ4n) is 6.36. The lowest BCUT2D eigenvalue weighted by Crippen LogP contribution is -2.31. The van der Waals surface area contributed by atoms with Gasteiger partial charge in [-0.2, -0.15) is 0 Å². The van der Waals surface area contributed by atoms with Crippen molar-refractivity contribution < 1.29 is 23.1 Å². The third-order valence-corrected chi connectivity index (χ3v) is 8.82. The number of anilines is 1. The monoisotopic (exact) mass is 620 g/mol. The van der Waals surface area contributed by atoms with Crippen molar-refractivity contribution in [2.45, 2.75) is 18.4 Å². The van der Waals surface area contributed by atoms with Crippen LogP contribution in [0.2, 0.25) is 5.02 Å². The molecule has 0 radical (unpaired) electrons. The zero-order valence-electron chi connectivity index (χ0n) is 24.0. The van der Waals surface area contributed by atoms with E-state index in [1.807, 2.05) is 24.3 Å². The molecule has 2 aliphatic rings. The quantitative estimate of drug-likeness (QED) is 0.207. The average molecular weight is 621 g/mol. The van der Waals surface area contributed by atoms with Crippen LogP contribution in [-0.2, 0) is 11.2 Å². The summed E-state index contributed by atoms with van der Waals surface area (Å²) in [5.41, 5.74) is 6.95. The van der Waals surface area contributed by atoms with Crippen LogP contribution >= 0.6 is 11.6 Å². The number of nitrogens with one attached hydrogen (secondary N) is 1. The van der Waals surface area contributed by atoms with Crippen LogP contribution in [0.15, 0.2) is 109 Å². The number of carbonyl (C=O) groups excluding carboxylic acids is 2. The summed E-state index contributed by atoms with van der Waals surface area (Å²) in [5, 5.41) is 3.33. The van der Waals surface area contributed by atoms with Crippen LogP contribution in [0.1, 0.15) is 50.1 Å². The van der Waals surface area contributed by atoms with Crippen LogP contribution in [-0.4, -0.2) is 25.2 Å². The van der Waals surface area contributed by atoms with Gasteiger partial charge < -0.3 is 10.1 Å². The molecule has 1 atom stereocenters. The standard InChI is InChI=1S/C37H27ClF2N2O3/c38-25-15-12-22(13-16-25)35(30-10-5-11-32(39)34(30)40)41-36(43)24-14-17-33-23(20-24)18-19-42(33)37(44)45-21-31-28-8-3-1-6-26(28)27-7-2-4-9-29(27)31/h1-17,20,31,35H,18-19,21H2,(H,41,43). The van der Waals surface area contributed by atoms with Gasteiger partial charge in [-0.05, 0) is 76.2 Å². The van der Waals surface area contributed by atoms with E-state index in [2.05, 4.69) is 29.6 Å². The summed E-state index contributed by atoms with van der Waals surface area (Å²) in [6.45, 7) is 0.626. The van der Waals surface area contributed by atoms with Crippen molar-refractivity contribution in [3.63, 3.8) is 0 Å². The molecule has 7 rings (SSSR count). The van der Waals surface area contributed by atoms with Gasteiger partial charge in [0.2, 0.25) is 0 Å². The summed E-state index contributed by atoms with van der Waals surface area (Å²) < 4.78 is 34.9. The smallest absolute Gasteiger partial charge is 0.414 e. The topological polar surface area (TPSA) is 58.6 Å². The maximum atomic E-state index is 14.9. The van der Waals surface area contributed by atoms with E-state index in [1.54, 1.807) is 47.4 Å². The molecule has 0 aromatic heterocycles. The van der Waals surface area contributed by atoms with Gasteiger partial charge >= 0.3 is 6.09 Å². The summed E-state index contributed by atoms with van der Waals surface area (Å²) >= 11 is 6.04. The summed E-state index contributed by atoms with van der Waals surface area (Å²) in [5.74, 6) is -2.57. The second-order valence-corrected chi connectivity index (χ2v) is 11.6. The Morgan fingerprint density at radius 1 is 0.867 bits per heavy atom. The zero-order valence-corrected chi connectivity index (χ0v) is 24.7. The van der Waals surface area contributed by atoms with Crippen molar-refractivity contribution >= 4 is 29.3 Å². The lowest BCUT2D eigenvalue weighted by molar-refractivity contribution is 0.0942. The Balaban J connectivity index is 1.08. The SMILES string of the molecule is O=C(NC(c1ccc(Cl)cc1)c1cccc(F)c1F)c1ccc2c(c1)CCN2C(=O)OCC1c2ccccc2-c2ccccc21. The van der Waals surface area contributed by atoms with Gasteiger partial charge in [0, 0.05) is 28.6 Å². The third-order valence-electron chi connectivity index (χ3n) is 8.56. The molecule has 8 heteroatoms. The minimum Gasteiger partial charge on any atom is -0.448 e. The molecule has 5 nitrogen and oxygen atoms in total. The zero-order chi connectivity index (χ0) is 31.1. The molecule has 0 spiro atoms. The van der Waals surface area contributed by atoms with Gasteiger partial charge in [-0.25, -0.2) is 13.6 Å². The number of hydrogen-bond donors (Lipinski definition) is 1. The number of hydrogen-bond acceptors (Lipinski definition) is 3. The van der Waals surface area contributed by atoms with Crippen molar-refractivity contribution in [2.75, 3.05) is 18.1 Å². The van der Waals surface area contributed by atoms with Gasteiger partial charge in [0.05, 0.1) is 11.7 Å². The van der Waals surface area contributed by atoms with Crippen molar-refractivity contribution in [3.8, 4) is 11.1 Å². The molecule has 2 amide bonds. The van der Waals surface area contributed by atoms with Gasteiger partial charge in [0.25, 0.3) is 5.91 Å². The number of nitrogens with zero attached hydrogens (tertiary/aromatic N) is 1. The summed E-state index contributed by atoms with van der Waals surface area (Å²) in [6.07, 6.45) is 0.0944. The highest BCUT2D eigenvalue weighted by Crippen LogP contribution is 2.44. The molecule has 224 valence electrons. The molecule has 0 saturated heterocycles. The van der Waals surface area contributed by atoms with Crippen molar-refractivity contribution in [1.29, 1.82) is 0 Å². The Morgan fingerprint density at radius 3 is 2.27 bits per heavy atom. The fraction of sp³-hybridized carbons (Fsp3) is 0.135. The maximum Gasteiger partial charge on any atom is 0.414 e. The lowest BCUT2D eigenvalue weighted by Gasteiger charge is -2.21. The van der Waals surface area contributed by atoms with Crippen LogP contribution in [0.5, 0.6) is 0 Å². The maximum absolute atomic E-state index is 14.9. The normalized spacial score (nSPS) is 14.0. The van der Waals surface area contributed by atoms with E-state index in [9.17, 15) is 18.4 Å². The Morgan fingerprint density at radius 2 is 1.56 bits per heavy atom. The molecule has 45 heavy (non-hydrogen) atoms. The fourth-order valence-corrected chi connectivity index (χ4v) is 6.48. The third kappa shape index (κ3) is 5.34. The number of carbonyl (C=O) groups is 2. The second kappa shape index (κ2) is 11.8. The number of rotatable bonds is 6. The number of ether oxygens (including phenoxy) is 1. The predicted molar refractivity (Wildman–Crippen MR) is 170 cm³/mol. The molecule has 5 aromatic carbocycles. The van der Waals surface area contributed by atoms with Gasteiger partial charge in [0.1, 0.15) is 6.61 Å². The van der Waals surface area contributed by atoms with Crippen molar-refractivity contribution in [3.05, 3.63) is 159 Å². The molecule has 1 aliphatic carbocycles. The van der Waals surface area contributed by atoms with E-state index in [4.69, 9.17) is 16.3 Å². The number of benzene rings is 5. The molecule has 0 saturated carbocycles. The first-order valence-electron chi connectivity index (χ1n) is 14.6. The number of halogens is 3. The Kier molecular flexibility index (Phi) is 7.55. The molecular weight excluding hydrogens is 594 g/mol. The molecule has 5 aromatic rings. The first-order valence-corrected chi connectivity index (χ1v) is 15.0. The Hall–Kier alpha value is -5.01. The summed E-state index contributed by atoms with van der Waals surface area (Å²) in [7, 11) is 0. The van der Waals surface area contributed by atoms with Crippen LogP contribution in [0.25, 0.3) is 11.1 Å². The van der Waals surface area contributed by atoms with E-state index in [0.29, 0.717) is 34.8 Å². The molecular formula is C37H27ClF2N2O3. The Labute approximate surface area is 264 Å². The van der Waals surface area contributed by atoms with Crippen molar-refractivity contribution in [1.82, 2.24) is 5.32 Å². The lowest BCUT2D eigenvalue weighted by atomic mass is 9.97. The molecule has 1 unspecified atom stereocenters. The summed E-state index contributed by atoms with van der Waals surface area (Å²) in [4.78, 5) is 28.4. The first kappa shape index (κ1) is 28.7. The Bertz CT molecular complexity index is 1900. The molecule has 0 fully saturated rings. The highest BCUT2D eigenvalue weighted by Gasteiger charge is 2.32. The predicted octanol–water partition coefficient (Wildman–Crippen LogP) is 8.45. The van der Waals surface area contributed by atoms with Crippen LogP contribution in [0.3, 0.4) is 0 Å². The van der Waals surface area contributed by atoms with Gasteiger partial charge in [-0.15, -0.1) is 0 Å². The first-order chi connectivity index (χ1) is 21.9. The van der Waals surface area contributed by atoms with E-state index in [0.717, 1.165) is 33.9 Å². The van der Waals surface area contributed by atoms with Crippen LogP contribution < -0.4 is 10.2 Å². The van der Waals surface area contributed by atoms with Gasteiger partial charge in [-0.1, -0.05) is 84.4 Å². The average Bonchev–Trinajstić information content (AvgIpc) is 3.63. The highest BCUT2D eigenvalue weighted by atomic mass is 35.5. The molecule has 0 bridgehead atoms. The molecule has 1 N–H and O–H groups in total. The van der Waals surface area contributed by atoms with Gasteiger partial charge in [0.15, 0.2) is 11.6 Å². The van der Waals surface area contributed by atoms with E-state index in [-0.39, 0.29) is 18.1 Å². The number of amides is 2. The van der Waals surface area contributed by atoms with E-state index >= 15 is 0 Å². The molecule has 1 heterocycles. The summed E-state index contributed by atoms with van der Waals surface area (Å²) in [6, 6.07) is 30.9. The van der Waals surface area contributed by atoms with Crippen LogP contribution in [0, 0.1) is 11.6 Å². The minimum atomic E-state index is -1.04. The number of fused-ring (bicyclic) bond motifs is 4. The van der Waals surface area contributed by atoms with Crippen LogP contribution in [0.4, 0.5) is 19.3 Å². The largest absolute Gasteiger partial charge is 0.448 e. The van der Waals surface area contributed by atoms with Crippen molar-refractivity contribution in [2.24, 2.45) is 0 Å². The van der Waals surface area contributed by atoms with E-state index < -0.39 is 29.7 Å².